The zero-order valence-electron chi connectivity index (χ0n) is 10.1. The summed E-state index contributed by atoms with van der Waals surface area (Å²) in [6, 6.07) is 10.8. The van der Waals surface area contributed by atoms with Gasteiger partial charge in [-0.15, -0.1) is 0 Å². The molecular weight excluding hydrogens is 262 g/mol. The molecule has 2 amide bonds. The number of hydrogen-bond donors (Lipinski definition) is 1. The fraction of sp³-hybridized carbons (Fsp3) is 0.143. The highest BCUT2D eigenvalue weighted by Crippen LogP contribution is 2.21. The molecule has 0 spiro atoms. The van der Waals surface area contributed by atoms with Crippen LogP contribution < -0.4 is 5.32 Å². The minimum atomic E-state index is -0.125. The molecule has 19 heavy (non-hydrogen) atoms. The van der Waals surface area contributed by atoms with Crippen LogP contribution in [0.25, 0.3) is 0 Å². The molecule has 2 heterocycles. The van der Waals surface area contributed by atoms with Crippen molar-refractivity contribution in [3.63, 3.8) is 0 Å². The van der Waals surface area contributed by atoms with E-state index in [-0.39, 0.29) is 6.03 Å². The third-order valence-corrected chi connectivity index (χ3v) is 3.32. The first kappa shape index (κ1) is 12.0. The van der Waals surface area contributed by atoms with Crippen molar-refractivity contribution in [3.05, 3.63) is 58.9 Å². The highest BCUT2D eigenvalue weighted by molar-refractivity contribution is 6.30. The van der Waals surface area contributed by atoms with Crippen molar-refractivity contribution < 1.29 is 4.79 Å². The Morgan fingerprint density at radius 3 is 2.74 bits per heavy atom. The molecule has 96 valence electrons. The van der Waals surface area contributed by atoms with Crippen molar-refractivity contribution in [2.24, 2.45) is 0 Å². The molecule has 0 radical (unpaired) electrons. The van der Waals surface area contributed by atoms with Crippen LogP contribution in [0.1, 0.15) is 11.3 Å². The van der Waals surface area contributed by atoms with Gasteiger partial charge >= 0.3 is 6.03 Å². The predicted molar refractivity (Wildman–Crippen MR) is 74.0 cm³/mol. The molecular formula is C14H12ClN3O. The van der Waals surface area contributed by atoms with Gasteiger partial charge in [-0.2, -0.15) is 0 Å². The third kappa shape index (κ3) is 2.53. The Hall–Kier alpha value is -2.07. The van der Waals surface area contributed by atoms with Gasteiger partial charge in [-0.3, -0.25) is 4.98 Å². The number of amides is 2. The zero-order valence-corrected chi connectivity index (χ0v) is 10.9. The number of urea groups is 1. The van der Waals surface area contributed by atoms with Crippen molar-refractivity contribution in [3.8, 4) is 0 Å². The first-order valence-electron chi connectivity index (χ1n) is 5.96. The number of nitrogens with one attached hydrogen (secondary N) is 1. The molecule has 1 N–H and O–H groups in total. The molecule has 1 aliphatic rings. The fourth-order valence-corrected chi connectivity index (χ4v) is 2.21. The molecule has 0 fully saturated rings. The van der Waals surface area contributed by atoms with Crippen molar-refractivity contribution >= 4 is 23.3 Å². The minimum absolute atomic E-state index is 0.125. The van der Waals surface area contributed by atoms with E-state index < -0.39 is 0 Å². The number of carbonyl (C=O) groups is 1. The van der Waals surface area contributed by atoms with Crippen molar-refractivity contribution in [2.45, 2.75) is 13.1 Å². The zero-order chi connectivity index (χ0) is 13.2. The van der Waals surface area contributed by atoms with Gasteiger partial charge in [0, 0.05) is 23.5 Å². The van der Waals surface area contributed by atoms with Crippen LogP contribution in [0.2, 0.25) is 5.02 Å². The molecule has 1 aromatic heterocycles. The van der Waals surface area contributed by atoms with E-state index in [1.54, 1.807) is 35.4 Å². The summed E-state index contributed by atoms with van der Waals surface area (Å²) in [5.74, 6) is 0. The summed E-state index contributed by atoms with van der Waals surface area (Å²) in [6.07, 6.45) is 1.75. The second-order valence-electron chi connectivity index (χ2n) is 4.40. The number of nitrogens with zero attached hydrogens (tertiary/aromatic N) is 2. The number of rotatable bonds is 1. The highest BCUT2D eigenvalue weighted by atomic mass is 35.5. The van der Waals surface area contributed by atoms with Gasteiger partial charge in [-0.25, -0.2) is 4.79 Å². The SMILES string of the molecule is O=C(Nc1ccc(Cl)cc1)N1Cc2cccnc2C1. The number of halogens is 1. The Bertz CT molecular complexity index is 587. The number of aromatic nitrogens is 1. The van der Waals surface area contributed by atoms with E-state index in [4.69, 9.17) is 11.6 Å². The van der Waals surface area contributed by atoms with Crippen LogP contribution in [0.4, 0.5) is 10.5 Å². The Labute approximate surface area is 116 Å². The molecule has 0 aliphatic carbocycles. The molecule has 0 atom stereocenters. The number of anilines is 1. The second-order valence-corrected chi connectivity index (χ2v) is 4.84. The van der Waals surface area contributed by atoms with Crippen LogP contribution in [0.5, 0.6) is 0 Å². The van der Waals surface area contributed by atoms with E-state index in [9.17, 15) is 4.79 Å². The van der Waals surface area contributed by atoms with E-state index in [0.717, 1.165) is 16.9 Å². The quantitative estimate of drug-likeness (QED) is 0.867. The van der Waals surface area contributed by atoms with Gasteiger partial charge in [0.15, 0.2) is 0 Å². The van der Waals surface area contributed by atoms with Crippen LogP contribution in [-0.4, -0.2) is 15.9 Å². The summed E-state index contributed by atoms with van der Waals surface area (Å²) in [5.41, 5.74) is 2.81. The molecule has 5 heteroatoms. The molecule has 0 saturated carbocycles. The van der Waals surface area contributed by atoms with Gasteiger partial charge in [0.2, 0.25) is 0 Å². The van der Waals surface area contributed by atoms with Gasteiger partial charge in [-0.05, 0) is 35.9 Å². The first-order valence-corrected chi connectivity index (χ1v) is 6.34. The van der Waals surface area contributed by atoms with Crippen LogP contribution in [0, 0.1) is 0 Å². The molecule has 0 unspecified atom stereocenters. The van der Waals surface area contributed by atoms with Crippen molar-refractivity contribution in [2.75, 3.05) is 5.32 Å². The van der Waals surface area contributed by atoms with E-state index >= 15 is 0 Å². The van der Waals surface area contributed by atoms with Crippen molar-refractivity contribution in [1.29, 1.82) is 0 Å². The van der Waals surface area contributed by atoms with Gasteiger partial charge < -0.3 is 10.2 Å². The number of carbonyl (C=O) groups excluding carboxylic acids is 1. The lowest BCUT2D eigenvalue weighted by Crippen LogP contribution is -2.30. The standard InChI is InChI=1S/C14H12ClN3O/c15-11-3-5-12(6-4-11)17-14(19)18-8-10-2-1-7-16-13(10)9-18/h1-7H,8-9H2,(H,17,19). The summed E-state index contributed by atoms with van der Waals surface area (Å²) >= 11 is 5.80. The molecule has 1 aliphatic heterocycles. The summed E-state index contributed by atoms with van der Waals surface area (Å²) in [5, 5.41) is 3.50. The lowest BCUT2D eigenvalue weighted by molar-refractivity contribution is 0.212. The summed E-state index contributed by atoms with van der Waals surface area (Å²) in [4.78, 5) is 18.1. The summed E-state index contributed by atoms with van der Waals surface area (Å²) < 4.78 is 0. The lowest BCUT2D eigenvalue weighted by atomic mass is 10.2. The number of pyridine rings is 1. The van der Waals surface area contributed by atoms with E-state index in [0.29, 0.717) is 18.1 Å². The maximum atomic E-state index is 12.1. The van der Waals surface area contributed by atoms with Gasteiger partial charge in [0.1, 0.15) is 0 Å². The molecule has 0 saturated heterocycles. The molecule has 2 aromatic rings. The maximum Gasteiger partial charge on any atom is 0.322 e. The van der Waals surface area contributed by atoms with Gasteiger partial charge in [0.05, 0.1) is 12.2 Å². The summed E-state index contributed by atoms with van der Waals surface area (Å²) in [6.45, 7) is 1.15. The topological polar surface area (TPSA) is 45.2 Å². The number of benzene rings is 1. The number of hydrogen-bond acceptors (Lipinski definition) is 2. The largest absolute Gasteiger partial charge is 0.322 e. The van der Waals surface area contributed by atoms with Gasteiger partial charge in [-0.1, -0.05) is 17.7 Å². The predicted octanol–water partition coefficient (Wildman–Crippen LogP) is 3.28. The van der Waals surface area contributed by atoms with Crippen LogP contribution in [0.15, 0.2) is 42.6 Å². The molecule has 0 bridgehead atoms. The van der Waals surface area contributed by atoms with E-state index in [2.05, 4.69) is 10.3 Å². The second kappa shape index (κ2) is 4.90. The Balaban J connectivity index is 1.68. The Kier molecular flexibility index (Phi) is 3.09. The smallest absolute Gasteiger partial charge is 0.314 e. The molecule has 1 aromatic carbocycles. The first-order chi connectivity index (χ1) is 9.22. The van der Waals surface area contributed by atoms with E-state index in [1.807, 2.05) is 12.1 Å². The van der Waals surface area contributed by atoms with Crippen molar-refractivity contribution in [1.82, 2.24) is 9.88 Å². The monoisotopic (exact) mass is 273 g/mol. The third-order valence-electron chi connectivity index (χ3n) is 3.07. The fourth-order valence-electron chi connectivity index (χ4n) is 2.08. The minimum Gasteiger partial charge on any atom is -0.314 e. The van der Waals surface area contributed by atoms with Crippen LogP contribution in [0.3, 0.4) is 0 Å². The maximum absolute atomic E-state index is 12.1. The Morgan fingerprint density at radius 2 is 2.00 bits per heavy atom. The average Bonchev–Trinajstić information content (AvgIpc) is 2.85. The van der Waals surface area contributed by atoms with Gasteiger partial charge in [0.25, 0.3) is 0 Å². The number of fused-ring (bicyclic) bond motifs is 1. The van der Waals surface area contributed by atoms with Crippen LogP contribution >= 0.6 is 11.6 Å². The van der Waals surface area contributed by atoms with E-state index in [1.165, 1.54) is 0 Å². The average molecular weight is 274 g/mol. The summed E-state index contributed by atoms with van der Waals surface area (Å²) in [7, 11) is 0. The normalized spacial score (nSPS) is 13.2. The molecule has 3 rings (SSSR count). The molecule has 4 nitrogen and oxygen atoms in total. The van der Waals surface area contributed by atoms with Crippen LogP contribution in [-0.2, 0) is 13.1 Å². The Morgan fingerprint density at radius 1 is 1.21 bits per heavy atom. The lowest BCUT2D eigenvalue weighted by Gasteiger charge is -2.16. The highest BCUT2D eigenvalue weighted by Gasteiger charge is 2.23.